The van der Waals surface area contributed by atoms with Crippen molar-refractivity contribution in [1.82, 2.24) is 10.3 Å². The van der Waals surface area contributed by atoms with E-state index in [1.165, 1.54) is 0 Å². The Morgan fingerprint density at radius 2 is 1.88 bits per heavy atom. The van der Waals surface area contributed by atoms with Crippen LogP contribution in [0.3, 0.4) is 0 Å². The van der Waals surface area contributed by atoms with Crippen molar-refractivity contribution < 1.29 is 9.59 Å². The number of pyridine rings is 1. The molecular formula is C19H16ClN3O2. The van der Waals surface area contributed by atoms with Gasteiger partial charge in [-0.15, -0.1) is 0 Å². The number of nitrogens with zero attached hydrogens (tertiary/aromatic N) is 1. The Morgan fingerprint density at radius 1 is 1.12 bits per heavy atom. The van der Waals surface area contributed by atoms with Crippen molar-refractivity contribution in [2.75, 3.05) is 0 Å². The third-order valence-corrected chi connectivity index (χ3v) is 4.09. The lowest BCUT2D eigenvalue weighted by Gasteiger charge is -2.16. The first-order valence-corrected chi connectivity index (χ1v) is 8.11. The summed E-state index contributed by atoms with van der Waals surface area (Å²) in [6.45, 7) is 0. The molecule has 0 saturated heterocycles. The van der Waals surface area contributed by atoms with Crippen LogP contribution in [0.2, 0.25) is 5.02 Å². The van der Waals surface area contributed by atoms with Gasteiger partial charge in [-0.25, -0.2) is 0 Å². The Hall–Kier alpha value is -2.92. The van der Waals surface area contributed by atoms with Crippen LogP contribution in [0, 0.1) is 0 Å². The number of para-hydroxylation sites is 1. The fourth-order valence-corrected chi connectivity index (χ4v) is 2.86. The summed E-state index contributed by atoms with van der Waals surface area (Å²) in [5.41, 5.74) is 7.25. The fourth-order valence-electron chi connectivity index (χ4n) is 2.65. The fraction of sp³-hybridized carbons (Fsp3) is 0.105. The number of nitrogens with two attached hydrogens (primary N) is 1. The van der Waals surface area contributed by atoms with Crippen molar-refractivity contribution >= 4 is 34.3 Å². The van der Waals surface area contributed by atoms with Crippen LogP contribution in [-0.4, -0.2) is 22.8 Å². The van der Waals surface area contributed by atoms with Gasteiger partial charge in [0.1, 0.15) is 6.04 Å². The average molecular weight is 354 g/mol. The van der Waals surface area contributed by atoms with Gasteiger partial charge in [0.15, 0.2) is 0 Å². The van der Waals surface area contributed by atoms with Gasteiger partial charge in [-0.2, -0.15) is 0 Å². The minimum Gasteiger partial charge on any atom is -0.368 e. The van der Waals surface area contributed by atoms with E-state index in [9.17, 15) is 9.59 Å². The second kappa shape index (κ2) is 7.32. The number of hydrogen-bond acceptors (Lipinski definition) is 3. The molecule has 0 fully saturated rings. The molecule has 0 aliphatic carbocycles. The molecule has 2 aromatic carbocycles. The van der Waals surface area contributed by atoms with Crippen LogP contribution in [0.4, 0.5) is 0 Å². The van der Waals surface area contributed by atoms with Crippen LogP contribution in [-0.2, 0) is 11.2 Å². The molecule has 0 aliphatic heterocycles. The molecule has 1 aromatic heterocycles. The highest BCUT2D eigenvalue weighted by Crippen LogP contribution is 2.17. The lowest BCUT2D eigenvalue weighted by molar-refractivity contribution is -0.119. The predicted molar refractivity (Wildman–Crippen MR) is 97.3 cm³/mol. The smallest absolute Gasteiger partial charge is 0.254 e. The van der Waals surface area contributed by atoms with E-state index >= 15 is 0 Å². The van der Waals surface area contributed by atoms with E-state index in [1.807, 2.05) is 18.2 Å². The molecule has 0 radical (unpaired) electrons. The zero-order valence-corrected chi connectivity index (χ0v) is 14.0. The Kier molecular flexibility index (Phi) is 4.95. The van der Waals surface area contributed by atoms with Gasteiger partial charge in [0, 0.05) is 23.0 Å². The molecule has 1 atom stereocenters. The molecule has 2 amide bonds. The Labute approximate surface area is 149 Å². The van der Waals surface area contributed by atoms with Crippen LogP contribution in [0.5, 0.6) is 0 Å². The maximum Gasteiger partial charge on any atom is 0.254 e. The number of halogens is 1. The summed E-state index contributed by atoms with van der Waals surface area (Å²) in [7, 11) is 0. The first kappa shape index (κ1) is 16.9. The number of aromatic nitrogens is 1. The van der Waals surface area contributed by atoms with Gasteiger partial charge in [-0.1, -0.05) is 41.9 Å². The number of carbonyl (C=O) groups is 2. The van der Waals surface area contributed by atoms with E-state index in [1.54, 1.807) is 42.6 Å². The number of primary amides is 1. The second-order valence-electron chi connectivity index (χ2n) is 5.64. The largest absolute Gasteiger partial charge is 0.368 e. The van der Waals surface area contributed by atoms with Crippen LogP contribution in [0.15, 0.2) is 60.8 Å². The number of nitrogens with one attached hydrogen (secondary N) is 1. The number of rotatable bonds is 5. The molecule has 5 nitrogen and oxygen atoms in total. The standard InChI is InChI=1S/C19H16ClN3O2/c20-14-7-1-4-12(10-14)11-16(18(21)24)23-19(25)15-8-2-5-13-6-3-9-22-17(13)15/h1-10,16H,11H2,(H2,21,24)(H,23,25)/t16-/m1/s1. The molecule has 1 heterocycles. The minimum atomic E-state index is -0.843. The van der Waals surface area contributed by atoms with Gasteiger partial charge in [-0.05, 0) is 29.8 Å². The summed E-state index contributed by atoms with van der Waals surface area (Å²) in [5, 5.41) is 4.10. The molecule has 0 bridgehead atoms. The average Bonchev–Trinajstić information content (AvgIpc) is 2.60. The molecule has 3 N–H and O–H groups in total. The molecular weight excluding hydrogens is 338 g/mol. The minimum absolute atomic E-state index is 0.264. The maximum atomic E-state index is 12.6. The van der Waals surface area contributed by atoms with Gasteiger partial charge in [-0.3, -0.25) is 14.6 Å². The SMILES string of the molecule is NC(=O)[C@@H](Cc1cccc(Cl)c1)NC(=O)c1cccc2cccnc12. The highest BCUT2D eigenvalue weighted by Gasteiger charge is 2.21. The molecule has 3 rings (SSSR count). The highest BCUT2D eigenvalue weighted by molar-refractivity contribution is 6.30. The van der Waals surface area contributed by atoms with Gasteiger partial charge < -0.3 is 11.1 Å². The number of carbonyl (C=O) groups excluding carboxylic acids is 2. The molecule has 0 spiro atoms. The van der Waals surface area contributed by atoms with E-state index in [0.717, 1.165) is 10.9 Å². The van der Waals surface area contributed by atoms with Gasteiger partial charge in [0.2, 0.25) is 5.91 Å². The normalized spacial score (nSPS) is 11.9. The van der Waals surface area contributed by atoms with Crippen LogP contribution in [0.1, 0.15) is 15.9 Å². The molecule has 25 heavy (non-hydrogen) atoms. The summed E-state index contributed by atoms with van der Waals surface area (Å²) in [5.74, 6) is -1.00. The third kappa shape index (κ3) is 3.95. The lowest BCUT2D eigenvalue weighted by atomic mass is 10.0. The summed E-state index contributed by atoms with van der Waals surface area (Å²) < 4.78 is 0. The quantitative estimate of drug-likeness (QED) is 0.739. The van der Waals surface area contributed by atoms with Crippen molar-refractivity contribution in [1.29, 1.82) is 0 Å². The van der Waals surface area contributed by atoms with Crippen LogP contribution < -0.4 is 11.1 Å². The summed E-state index contributed by atoms with van der Waals surface area (Å²) in [6.07, 6.45) is 1.89. The zero-order chi connectivity index (χ0) is 17.8. The maximum absolute atomic E-state index is 12.6. The topological polar surface area (TPSA) is 85.1 Å². The summed E-state index contributed by atoms with van der Waals surface area (Å²) >= 11 is 5.96. The van der Waals surface area contributed by atoms with Crippen molar-refractivity contribution in [2.24, 2.45) is 5.73 Å². The summed E-state index contributed by atoms with van der Waals surface area (Å²) in [4.78, 5) is 28.7. The summed E-state index contributed by atoms with van der Waals surface area (Å²) in [6, 6.07) is 15.2. The number of amides is 2. The molecule has 6 heteroatoms. The van der Waals surface area contributed by atoms with E-state index in [0.29, 0.717) is 16.1 Å². The van der Waals surface area contributed by atoms with Crippen molar-refractivity contribution in [3.63, 3.8) is 0 Å². The third-order valence-electron chi connectivity index (χ3n) is 3.85. The molecule has 3 aromatic rings. The van der Waals surface area contributed by atoms with Gasteiger partial charge >= 0.3 is 0 Å². The zero-order valence-electron chi connectivity index (χ0n) is 13.3. The first-order chi connectivity index (χ1) is 12.0. The molecule has 0 saturated carbocycles. The Morgan fingerprint density at radius 3 is 2.64 bits per heavy atom. The van der Waals surface area contributed by atoms with Crippen molar-refractivity contribution in [3.05, 3.63) is 76.9 Å². The van der Waals surface area contributed by atoms with E-state index in [2.05, 4.69) is 10.3 Å². The molecule has 0 unspecified atom stereocenters. The molecule has 126 valence electrons. The van der Waals surface area contributed by atoms with Crippen LogP contribution >= 0.6 is 11.6 Å². The van der Waals surface area contributed by atoms with Crippen molar-refractivity contribution in [2.45, 2.75) is 12.5 Å². The molecule has 0 aliphatic rings. The number of hydrogen-bond donors (Lipinski definition) is 2. The van der Waals surface area contributed by atoms with E-state index in [4.69, 9.17) is 17.3 Å². The number of benzene rings is 2. The first-order valence-electron chi connectivity index (χ1n) is 7.73. The highest BCUT2D eigenvalue weighted by atomic mass is 35.5. The van der Waals surface area contributed by atoms with Crippen LogP contribution in [0.25, 0.3) is 10.9 Å². The van der Waals surface area contributed by atoms with Gasteiger partial charge in [0.05, 0.1) is 11.1 Å². The van der Waals surface area contributed by atoms with Crippen molar-refractivity contribution in [3.8, 4) is 0 Å². The monoisotopic (exact) mass is 353 g/mol. The lowest BCUT2D eigenvalue weighted by Crippen LogP contribution is -2.45. The van der Waals surface area contributed by atoms with E-state index < -0.39 is 17.9 Å². The Balaban J connectivity index is 1.84. The second-order valence-corrected chi connectivity index (χ2v) is 6.08. The predicted octanol–water partition coefficient (Wildman–Crippen LogP) is 2.71. The number of fused-ring (bicyclic) bond motifs is 1. The Bertz CT molecular complexity index is 937. The van der Waals surface area contributed by atoms with Gasteiger partial charge in [0.25, 0.3) is 5.91 Å². The van der Waals surface area contributed by atoms with E-state index in [-0.39, 0.29) is 6.42 Å².